The van der Waals surface area contributed by atoms with Crippen LogP contribution in [0.5, 0.6) is 0 Å². The first kappa shape index (κ1) is 14.5. The van der Waals surface area contributed by atoms with Crippen LogP contribution >= 0.6 is 0 Å². The molecule has 110 valence electrons. The summed E-state index contributed by atoms with van der Waals surface area (Å²) in [6, 6.07) is 3.76. The number of anilines is 2. The molecule has 1 aliphatic rings. The first-order chi connectivity index (χ1) is 9.29. The molecule has 0 bridgehead atoms. The maximum atomic E-state index is 12.8. The molecule has 0 spiro atoms. The van der Waals surface area contributed by atoms with E-state index < -0.39 is 11.7 Å². The molecule has 1 aliphatic heterocycles. The van der Waals surface area contributed by atoms with E-state index in [0.29, 0.717) is 25.2 Å². The van der Waals surface area contributed by atoms with Gasteiger partial charge < -0.3 is 15.5 Å². The van der Waals surface area contributed by atoms with Gasteiger partial charge in [0, 0.05) is 31.5 Å². The Morgan fingerprint density at radius 1 is 1.25 bits per heavy atom. The van der Waals surface area contributed by atoms with Gasteiger partial charge in [-0.2, -0.15) is 13.2 Å². The molecule has 1 aromatic rings. The molecule has 0 saturated carbocycles. The van der Waals surface area contributed by atoms with Gasteiger partial charge in [-0.25, -0.2) is 0 Å². The number of rotatable bonds is 1. The molecule has 0 aromatic heterocycles. The number of amides is 1. The molecule has 1 aromatic carbocycles. The third-order valence-electron chi connectivity index (χ3n) is 3.38. The van der Waals surface area contributed by atoms with E-state index >= 15 is 0 Å². The van der Waals surface area contributed by atoms with Gasteiger partial charge in [0.2, 0.25) is 5.91 Å². The summed E-state index contributed by atoms with van der Waals surface area (Å²) in [5, 5.41) is 0. The zero-order valence-corrected chi connectivity index (χ0v) is 11.1. The highest BCUT2D eigenvalue weighted by molar-refractivity contribution is 5.82. The second-order valence-electron chi connectivity index (χ2n) is 4.86. The quantitative estimate of drug-likeness (QED) is 0.803. The van der Waals surface area contributed by atoms with Crippen LogP contribution in [0.1, 0.15) is 12.0 Å². The van der Waals surface area contributed by atoms with Gasteiger partial charge in [-0.05, 0) is 24.6 Å². The molecule has 1 heterocycles. The summed E-state index contributed by atoms with van der Waals surface area (Å²) in [5.74, 6) is -0.104. The van der Waals surface area contributed by atoms with Crippen molar-refractivity contribution in [3.8, 4) is 0 Å². The lowest BCUT2D eigenvalue weighted by molar-refractivity contribution is -0.136. The number of alkyl halides is 3. The molecule has 1 amide bonds. The average Bonchev–Trinajstić information content (AvgIpc) is 2.51. The molecule has 2 rings (SSSR count). The molecule has 1 fully saturated rings. The van der Waals surface area contributed by atoms with Crippen LogP contribution in [0.15, 0.2) is 18.2 Å². The van der Waals surface area contributed by atoms with Gasteiger partial charge in [0.15, 0.2) is 0 Å². The third kappa shape index (κ3) is 2.97. The highest BCUT2D eigenvalue weighted by atomic mass is 19.4. The van der Waals surface area contributed by atoms with E-state index in [1.165, 1.54) is 12.1 Å². The number of benzene rings is 1. The molecular weight excluding hydrogens is 271 g/mol. The van der Waals surface area contributed by atoms with Gasteiger partial charge in [-0.3, -0.25) is 4.79 Å². The smallest absolute Gasteiger partial charge is 0.398 e. The second kappa shape index (κ2) is 5.22. The zero-order valence-electron chi connectivity index (χ0n) is 11.1. The molecule has 0 unspecified atom stereocenters. The van der Waals surface area contributed by atoms with Crippen molar-refractivity contribution >= 4 is 17.3 Å². The normalized spacial score (nSPS) is 17.3. The standard InChI is InChI=1S/C13H16F3N3O/c1-18-5-2-6-19(8-12(18)20)9-3-4-11(17)10(7-9)13(14,15)16/h3-4,7H,2,5-6,8,17H2,1H3. The molecule has 7 heteroatoms. The maximum Gasteiger partial charge on any atom is 0.418 e. The van der Waals surface area contributed by atoms with Crippen LogP contribution in [0.3, 0.4) is 0 Å². The maximum absolute atomic E-state index is 12.8. The number of hydrogen-bond acceptors (Lipinski definition) is 3. The highest BCUT2D eigenvalue weighted by Gasteiger charge is 2.33. The molecule has 2 N–H and O–H groups in total. The molecule has 0 aliphatic carbocycles. The number of halogens is 3. The zero-order chi connectivity index (χ0) is 14.9. The first-order valence-electron chi connectivity index (χ1n) is 6.24. The fourth-order valence-electron chi connectivity index (χ4n) is 2.19. The van der Waals surface area contributed by atoms with Gasteiger partial charge in [0.25, 0.3) is 0 Å². The Morgan fingerprint density at radius 3 is 2.60 bits per heavy atom. The van der Waals surface area contributed by atoms with Crippen LogP contribution in [0.25, 0.3) is 0 Å². The number of carbonyl (C=O) groups is 1. The number of carbonyl (C=O) groups excluding carboxylic acids is 1. The predicted molar refractivity (Wildman–Crippen MR) is 70.3 cm³/mol. The van der Waals surface area contributed by atoms with Crippen LogP contribution in [-0.4, -0.2) is 37.5 Å². The highest BCUT2D eigenvalue weighted by Crippen LogP contribution is 2.36. The minimum absolute atomic E-state index is 0.0811. The Balaban J connectivity index is 2.31. The third-order valence-corrected chi connectivity index (χ3v) is 3.38. The summed E-state index contributed by atoms with van der Waals surface area (Å²) in [4.78, 5) is 15.0. The Labute approximate surface area is 114 Å². The number of nitrogen functional groups attached to an aromatic ring is 1. The van der Waals surface area contributed by atoms with Gasteiger partial charge in [0.05, 0.1) is 12.1 Å². The molecule has 4 nitrogen and oxygen atoms in total. The lowest BCUT2D eigenvalue weighted by atomic mass is 10.1. The van der Waals surface area contributed by atoms with Crippen LogP contribution in [0, 0.1) is 0 Å². The summed E-state index contributed by atoms with van der Waals surface area (Å²) < 4.78 is 38.5. The second-order valence-corrected chi connectivity index (χ2v) is 4.86. The summed E-state index contributed by atoms with van der Waals surface area (Å²) in [6.45, 7) is 1.23. The summed E-state index contributed by atoms with van der Waals surface area (Å²) >= 11 is 0. The fourth-order valence-corrected chi connectivity index (χ4v) is 2.19. The van der Waals surface area contributed by atoms with E-state index in [9.17, 15) is 18.0 Å². The lowest BCUT2D eigenvalue weighted by Gasteiger charge is -2.23. The van der Waals surface area contributed by atoms with Crippen molar-refractivity contribution in [1.82, 2.24) is 4.90 Å². The first-order valence-corrected chi connectivity index (χ1v) is 6.24. The van der Waals surface area contributed by atoms with Crippen molar-refractivity contribution in [3.63, 3.8) is 0 Å². The molecule has 0 atom stereocenters. The van der Waals surface area contributed by atoms with E-state index in [4.69, 9.17) is 5.73 Å². The van der Waals surface area contributed by atoms with Crippen LogP contribution in [0.2, 0.25) is 0 Å². The van der Waals surface area contributed by atoms with Gasteiger partial charge in [-0.1, -0.05) is 0 Å². The van der Waals surface area contributed by atoms with E-state index in [-0.39, 0.29) is 18.1 Å². The number of likely N-dealkylation sites (N-methyl/N-ethyl adjacent to an activating group) is 1. The van der Waals surface area contributed by atoms with Crippen molar-refractivity contribution < 1.29 is 18.0 Å². The van der Waals surface area contributed by atoms with Crippen molar-refractivity contribution in [3.05, 3.63) is 23.8 Å². The predicted octanol–water partition coefficient (Wildman–Crippen LogP) is 1.96. The van der Waals surface area contributed by atoms with Crippen molar-refractivity contribution in [2.75, 3.05) is 37.3 Å². The molecular formula is C13H16F3N3O. The van der Waals surface area contributed by atoms with Crippen molar-refractivity contribution in [1.29, 1.82) is 0 Å². The Bertz CT molecular complexity index is 516. The summed E-state index contributed by atoms with van der Waals surface area (Å²) in [5.41, 5.74) is 4.58. The average molecular weight is 287 g/mol. The minimum atomic E-state index is -4.49. The lowest BCUT2D eigenvalue weighted by Crippen LogP contribution is -2.34. The van der Waals surface area contributed by atoms with Gasteiger partial charge in [0.1, 0.15) is 0 Å². The van der Waals surface area contributed by atoms with E-state index in [0.717, 1.165) is 6.07 Å². The topological polar surface area (TPSA) is 49.6 Å². The van der Waals surface area contributed by atoms with Crippen LogP contribution in [0.4, 0.5) is 24.5 Å². The van der Waals surface area contributed by atoms with Crippen LogP contribution < -0.4 is 10.6 Å². The van der Waals surface area contributed by atoms with Crippen LogP contribution in [-0.2, 0) is 11.0 Å². The Morgan fingerprint density at radius 2 is 1.95 bits per heavy atom. The minimum Gasteiger partial charge on any atom is -0.398 e. The number of hydrogen-bond donors (Lipinski definition) is 1. The van der Waals surface area contributed by atoms with Crippen molar-refractivity contribution in [2.45, 2.75) is 12.6 Å². The number of nitrogens with zero attached hydrogens (tertiary/aromatic N) is 2. The SMILES string of the molecule is CN1CCCN(c2ccc(N)c(C(F)(F)F)c2)CC1=O. The van der Waals surface area contributed by atoms with E-state index in [1.54, 1.807) is 16.8 Å². The van der Waals surface area contributed by atoms with E-state index in [1.807, 2.05) is 0 Å². The number of nitrogens with two attached hydrogens (primary N) is 1. The molecule has 1 saturated heterocycles. The van der Waals surface area contributed by atoms with Gasteiger partial charge >= 0.3 is 6.18 Å². The summed E-state index contributed by atoms with van der Waals surface area (Å²) in [6.07, 6.45) is -3.78. The van der Waals surface area contributed by atoms with Crippen molar-refractivity contribution in [2.24, 2.45) is 0 Å². The fraction of sp³-hybridized carbons (Fsp3) is 0.462. The Kier molecular flexibility index (Phi) is 3.78. The Hall–Kier alpha value is -1.92. The molecule has 20 heavy (non-hydrogen) atoms. The monoisotopic (exact) mass is 287 g/mol. The largest absolute Gasteiger partial charge is 0.418 e. The summed E-state index contributed by atoms with van der Waals surface area (Å²) in [7, 11) is 1.69. The van der Waals surface area contributed by atoms with Gasteiger partial charge in [-0.15, -0.1) is 0 Å². The van der Waals surface area contributed by atoms with E-state index in [2.05, 4.69) is 0 Å². The molecule has 0 radical (unpaired) electrons.